The standard InChI is InChI=1S/C14H26S/c1-6-14(4,5)13-10-8-11(2)7-9-12(3)15-13/h7,9,11-13H,6,8,10H2,1-5H3. The van der Waals surface area contributed by atoms with Crippen molar-refractivity contribution in [2.45, 2.75) is 64.4 Å². The second-order valence-corrected chi connectivity index (χ2v) is 7.20. The van der Waals surface area contributed by atoms with Gasteiger partial charge in [0.2, 0.25) is 0 Å². The zero-order valence-electron chi connectivity index (χ0n) is 10.9. The minimum absolute atomic E-state index is 0.490. The summed E-state index contributed by atoms with van der Waals surface area (Å²) in [7, 11) is 0. The predicted molar refractivity (Wildman–Crippen MR) is 72.5 cm³/mol. The van der Waals surface area contributed by atoms with Gasteiger partial charge in [-0.3, -0.25) is 0 Å². The molecule has 3 atom stereocenters. The molecular formula is C14H26S. The minimum atomic E-state index is 0.490. The first-order valence-electron chi connectivity index (χ1n) is 6.29. The van der Waals surface area contributed by atoms with Gasteiger partial charge >= 0.3 is 0 Å². The van der Waals surface area contributed by atoms with Gasteiger partial charge in [-0.25, -0.2) is 0 Å². The fraction of sp³-hybridized carbons (Fsp3) is 0.857. The van der Waals surface area contributed by atoms with Crippen LogP contribution in [-0.2, 0) is 0 Å². The van der Waals surface area contributed by atoms with Crippen molar-refractivity contribution in [3.8, 4) is 0 Å². The van der Waals surface area contributed by atoms with Crippen LogP contribution in [0.25, 0.3) is 0 Å². The molecule has 1 heteroatoms. The normalized spacial score (nSPS) is 33.5. The largest absolute Gasteiger partial charge is 0.151 e. The number of rotatable bonds is 2. The lowest BCUT2D eigenvalue weighted by Gasteiger charge is -2.36. The molecule has 1 heterocycles. The summed E-state index contributed by atoms with van der Waals surface area (Å²) in [5.74, 6) is 0.767. The lowest BCUT2D eigenvalue weighted by atomic mass is 9.83. The molecule has 0 aromatic carbocycles. The van der Waals surface area contributed by atoms with Gasteiger partial charge in [-0.15, -0.1) is 0 Å². The van der Waals surface area contributed by atoms with E-state index in [4.69, 9.17) is 0 Å². The van der Waals surface area contributed by atoms with Crippen LogP contribution >= 0.6 is 11.8 Å². The van der Waals surface area contributed by atoms with Crippen molar-refractivity contribution in [2.24, 2.45) is 11.3 Å². The number of hydrogen-bond acceptors (Lipinski definition) is 1. The van der Waals surface area contributed by atoms with Crippen molar-refractivity contribution in [1.82, 2.24) is 0 Å². The molecule has 0 nitrogen and oxygen atoms in total. The van der Waals surface area contributed by atoms with E-state index >= 15 is 0 Å². The molecule has 0 aromatic rings. The lowest BCUT2D eigenvalue weighted by Crippen LogP contribution is -2.28. The van der Waals surface area contributed by atoms with Gasteiger partial charge in [0.05, 0.1) is 0 Å². The third kappa shape index (κ3) is 3.86. The molecule has 15 heavy (non-hydrogen) atoms. The molecule has 1 aliphatic heterocycles. The van der Waals surface area contributed by atoms with Gasteiger partial charge in [0.25, 0.3) is 0 Å². The summed E-state index contributed by atoms with van der Waals surface area (Å²) in [6.07, 6.45) is 8.81. The smallest absolute Gasteiger partial charge is 0.0201 e. The van der Waals surface area contributed by atoms with Gasteiger partial charge in [-0.2, -0.15) is 11.8 Å². The molecule has 88 valence electrons. The summed E-state index contributed by atoms with van der Waals surface area (Å²) in [4.78, 5) is 0. The number of hydrogen-bond donors (Lipinski definition) is 0. The highest BCUT2D eigenvalue weighted by atomic mass is 32.2. The van der Waals surface area contributed by atoms with E-state index in [1.807, 2.05) is 0 Å². The summed E-state index contributed by atoms with van der Waals surface area (Å²) in [6, 6.07) is 0. The Hall–Kier alpha value is 0.0900. The van der Waals surface area contributed by atoms with Gasteiger partial charge < -0.3 is 0 Å². The molecule has 0 saturated carbocycles. The van der Waals surface area contributed by atoms with Crippen LogP contribution in [0, 0.1) is 11.3 Å². The molecule has 3 unspecified atom stereocenters. The van der Waals surface area contributed by atoms with Crippen molar-refractivity contribution >= 4 is 11.8 Å². The Morgan fingerprint density at radius 2 is 1.87 bits per heavy atom. The predicted octanol–water partition coefficient (Wildman–Crippen LogP) is 4.90. The molecule has 0 fully saturated rings. The van der Waals surface area contributed by atoms with Crippen LogP contribution in [0.3, 0.4) is 0 Å². The molecule has 0 bridgehead atoms. The number of thioether (sulfide) groups is 1. The molecule has 0 spiro atoms. The van der Waals surface area contributed by atoms with E-state index in [2.05, 4.69) is 58.5 Å². The van der Waals surface area contributed by atoms with E-state index in [0.29, 0.717) is 10.7 Å². The fourth-order valence-electron chi connectivity index (χ4n) is 2.03. The Bertz CT molecular complexity index is 217. The van der Waals surface area contributed by atoms with Crippen molar-refractivity contribution in [3.63, 3.8) is 0 Å². The monoisotopic (exact) mass is 226 g/mol. The van der Waals surface area contributed by atoms with Crippen molar-refractivity contribution in [1.29, 1.82) is 0 Å². The topological polar surface area (TPSA) is 0 Å². The Morgan fingerprint density at radius 3 is 2.47 bits per heavy atom. The van der Waals surface area contributed by atoms with Crippen LogP contribution in [0.1, 0.15) is 53.9 Å². The zero-order chi connectivity index (χ0) is 11.5. The maximum Gasteiger partial charge on any atom is 0.0201 e. The van der Waals surface area contributed by atoms with Crippen LogP contribution in [-0.4, -0.2) is 10.5 Å². The second kappa shape index (κ2) is 5.43. The Kier molecular flexibility index (Phi) is 4.76. The molecular weight excluding hydrogens is 200 g/mol. The molecule has 0 radical (unpaired) electrons. The van der Waals surface area contributed by atoms with Crippen molar-refractivity contribution in [2.75, 3.05) is 0 Å². The van der Waals surface area contributed by atoms with Crippen LogP contribution in [0.4, 0.5) is 0 Å². The number of allylic oxidation sites excluding steroid dienone is 1. The van der Waals surface area contributed by atoms with E-state index < -0.39 is 0 Å². The van der Waals surface area contributed by atoms with Crippen LogP contribution in [0.2, 0.25) is 0 Å². The summed E-state index contributed by atoms with van der Waals surface area (Å²) in [5, 5.41) is 1.51. The van der Waals surface area contributed by atoms with E-state index in [9.17, 15) is 0 Å². The van der Waals surface area contributed by atoms with E-state index in [0.717, 1.165) is 11.2 Å². The maximum atomic E-state index is 2.42. The molecule has 1 aliphatic rings. The summed E-state index contributed by atoms with van der Waals surface area (Å²) >= 11 is 2.17. The molecule has 0 aromatic heterocycles. The molecule has 0 amide bonds. The van der Waals surface area contributed by atoms with Crippen molar-refractivity contribution < 1.29 is 0 Å². The Morgan fingerprint density at radius 1 is 1.20 bits per heavy atom. The average molecular weight is 226 g/mol. The van der Waals surface area contributed by atoms with Crippen LogP contribution < -0.4 is 0 Å². The summed E-state index contributed by atoms with van der Waals surface area (Å²) < 4.78 is 0. The average Bonchev–Trinajstić information content (AvgIpc) is 2.18. The zero-order valence-corrected chi connectivity index (χ0v) is 11.7. The quantitative estimate of drug-likeness (QED) is 0.604. The highest BCUT2D eigenvalue weighted by molar-refractivity contribution is 8.00. The molecule has 0 N–H and O–H groups in total. The third-order valence-corrected chi connectivity index (χ3v) is 5.55. The minimum Gasteiger partial charge on any atom is -0.151 e. The van der Waals surface area contributed by atoms with E-state index in [-0.39, 0.29) is 0 Å². The van der Waals surface area contributed by atoms with Gasteiger partial charge in [0, 0.05) is 10.5 Å². The van der Waals surface area contributed by atoms with Crippen LogP contribution in [0.5, 0.6) is 0 Å². The van der Waals surface area contributed by atoms with Crippen LogP contribution in [0.15, 0.2) is 12.2 Å². The fourth-order valence-corrected chi connectivity index (χ4v) is 3.54. The first-order chi connectivity index (χ1) is 6.95. The maximum absolute atomic E-state index is 2.42. The highest BCUT2D eigenvalue weighted by Gasteiger charge is 2.29. The molecule has 0 aliphatic carbocycles. The second-order valence-electron chi connectivity index (χ2n) is 5.61. The SMILES string of the molecule is CCC(C)(C)C1CCC(C)C=CC(C)S1. The van der Waals surface area contributed by atoms with Gasteiger partial charge in [0.1, 0.15) is 0 Å². The van der Waals surface area contributed by atoms with E-state index in [1.165, 1.54) is 19.3 Å². The third-order valence-electron chi connectivity index (χ3n) is 3.76. The summed E-state index contributed by atoms with van der Waals surface area (Å²) in [6.45, 7) is 11.8. The van der Waals surface area contributed by atoms with Gasteiger partial charge in [0.15, 0.2) is 0 Å². The lowest BCUT2D eigenvalue weighted by molar-refractivity contribution is 0.315. The Balaban J connectivity index is 2.70. The first-order valence-corrected chi connectivity index (χ1v) is 7.23. The van der Waals surface area contributed by atoms with Gasteiger partial charge in [-0.05, 0) is 37.5 Å². The van der Waals surface area contributed by atoms with Crippen molar-refractivity contribution in [3.05, 3.63) is 12.2 Å². The first kappa shape index (κ1) is 13.2. The molecule has 0 saturated heterocycles. The van der Waals surface area contributed by atoms with Gasteiger partial charge in [-0.1, -0.05) is 39.8 Å². The van der Waals surface area contributed by atoms with E-state index in [1.54, 1.807) is 0 Å². The molecule has 1 rings (SSSR count). The summed E-state index contributed by atoms with van der Waals surface area (Å²) in [5.41, 5.74) is 0.490. The Labute approximate surface area is 99.9 Å². The highest BCUT2D eigenvalue weighted by Crippen LogP contribution is 2.40.